The third-order valence-electron chi connectivity index (χ3n) is 5.77. The summed E-state index contributed by atoms with van der Waals surface area (Å²) in [4.78, 5) is 12.3. The second-order valence-corrected chi connectivity index (χ2v) is 10.2. The molecule has 2 amide bonds. The number of hydrogen-bond donors (Lipinski definition) is 2. The molecular formula is C27H29N3O3S. The van der Waals surface area contributed by atoms with Crippen molar-refractivity contribution in [3.63, 3.8) is 0 Å². The van der Waals surface area contributed by atoms with Gasteiger partial charge in [0.15, 0.2) is 0 Å². The van der Waals surface area contributed by atoms with Crippen LogP contribution in [0.5, 0.6) is 0 Å². The molecule has 4 rings (SSSR count). The molecule has 0 radical (unpaired) electrons. The Morgan fingerprint density at radius 2 is 1.56 bits per heavy atom. The molecule has 0 fully saturated rings. The zero-order chi connectivity index (χ0) is 24.0. The topological polar surface area (TPSA) is 80.2 Å². The van der Waals surface area contributed by atoms with Gasteiger partial charge in [-0.25, -0.2) is 17.2 Å². The number of aromatic nitrogens is 1. The Kier molecular flexibility index (Phi) is 7.33. The van der Waals surface area contributed by atoms with Crippen molar-refractivity contribution in [2.45, 2.75) is 31.1 Å². The van der Waals surface area contributed by atoms with Crippen LogP contribution >= 0.6 is 0 Å². The first-order valence-corrected chi connectivity index (χ1v) is 12.9. The summed E-state index contributed by atoms with van der Waals surface area (Å²) in [6, 6.07) is 24.4. The van der Waals surface area contributed by atoms with E-state index in [1.165, 1.54) is 9.54 Å². The van der Waals surface area contributed by atoms with Crippen molar-refractivity contribution in [1.29, 1.82) is 0 Å². The van der Waals surface area contributed by atoms with E-state index in [2.05, 4.69) is 22.8 Å². The molecule has 0 saturated heterocycles. The molecule has 0 spiro atoms. The molecule has 0 unspecified atom stereocenters. The van der Waals surface area contributed by atoms with E-state index in [9.17, 15) is 13.2 Å². The van der Waals surface area contributed by atoms with Gasteiger partial charge in [0.2, 0.25) is 0 Å². The van der Waals surface area contributed by atoms with Gasteiger partial charge in [-0.1, -0.05) is 60.2 Å². The second-order valence-electron chi connectivity index (χ2n) is 8.34. The lowest BCUT2D eigenvalue weighted by atomic mass is 10.1. The zero-order valence-corrected chi connectivity index (χ0v) is 20.0. The van der Waals surface area contributed by atoms with Crippen LogP contribution in [0.3, 0.4) is 0 Å². The number of urea groups is 1. The Hall–Kier alpha value is -3.58. The van der Waals surface area contributed by atoms with Crippen molar-refractivity contribution in [2.24, 2.45) is 0 Å². The maximum atomic E-state index is 13.1. The van der Waals surface area contributed by atoms with Crippen molar-refractivity contribution in [1.82, 2.24) is 14.6 Å². The number of rotatable bonds is 9. The fraction of sp³-hybridized carbons (Fsp3) is 0.222. The molecule has 1 aromatic heterocycles. The predicted molar refractivity (Wildman–Crippen MR) is 136 cm³/mol. The molecular weight excluding hydrogens is 446 g/mol. The molecule has 0 atom stereocenters. The van der Waals surface area contributed by atoms with Crippen LogP contribution in [0.1, 0.15) is 23.1 Å². The highest BCUT2D eigenvalue weighted by Gasteiger charge is 2.18. The quantitative estimate of drug-likeness (QED) is 0.346. The van der Waals surface area contributed by atoms with Crippen molar-refractivity contribution < 1.29 is 13.2 Å². The van der Waals surface area contributed by atoms with Crippen LogP contribution in [0, 0.1) is 6.92 Å². The SMILES string of the molecule is Cc1ccc(S(=O)(=O)n2ccc3ccc(CCNC(=O)NCCCc4ccccc4)cc32)cc1. The van der Waals surface area contributed by atoms with E-state index in [-0.39, 0.29) is 10.9 Å². The third-order valence-corrected chi connectivity index (χ3v) is 7.47. The van der Waals surface area contributed by atoms with Crippen LogP contribution in [0.25, 0.3) is 10.9 Å². The largest absolute Gasteiger partial charge is 0.338 e. The molecule has 2 N–H and O–H groups in total. The summed E-state index contributed by atoms with van der Waals surface area (Å²) in [6.45, 7) is 2.99. The standard InChI is InChI=1S/C27H29N3O3S/c1-21-9-13-25(14-10-21)34(32,33)30-19-16-24-12-11-23(20-26(24)30)15-18-29-27(31)28-17-5-8-22-6-3-2-4-7-22/h2-4,6-7,9-14,16,19-20H,5,8,15,17-18H2,1H3,(H2,28,29,31). The number of carbonyl (C=O) groups excluding carboxylic acids is 1. The number of nitrogens with one attached hydrogen (secondary N) is 2. The molecule has 4 aromatic rings. The summed E-state index contributed by atoms with van der Waals surface area (Å²) < 4.78 is 27.6. The van der Waals surface area contributed by atoms with E-state index >= 15 is 0 Å². The van der Waals surface area contributed by atoms with Gasteiger partial charge < -0.3 is 10.6 Å². The number of aryl methyl sites for hydroxylation is 2. The number of fused-ring (bicyclic) bond motifs is 1. The highest BCUT2D eigenvalue weighted by atomic mass is 32.2. The van der Waals surface area contributed by atoms with Gasteiger partial charge in [0.05, 0.1) is 10.4 Å². The molecule has 0 aliphatic rings. The van der Waals surface area contributed by atoms with Gasteiger partial charge in [-0.05, 0) is 61.6 Å². The Labute approximate surface area is 200 Å². The Balaban J connectivity index is 1.32. The van der Waals surface area contributed by atoms with Crippen molar-refractivity contribution in [3.8, 4) is 0 Å². The first-order chi connectivity index (χ1) is 16.4. The summed E-state index contributed by atoms with van der Waals surface area (Å²) in [5, 5.41) is 6.61. The summed E-state index contributed by atoms with van der Waals surface area (Å²) in [6.07, 6.45) is 3.99. The predicted octanol–water partition coefficient (Wildman–Crippen LogP) is 4.66. The molecule has 0 aliphatic carbocycles. The smallest absolute Gasteiger partial charge is 0.314 e. The average Bonchev–Trinajstić information content (AvgIpc) is 3.27. The van der Waals surface area contributed by atoms with Gasteiger partial charge >= 0.3 is 6.03 Å². The first kappa shape index (κ1) is 23.6. The van der Waals surface area contributed by atoms with E-state index in [0.29, 0.717) is 25.0 Å². The van der Waals surface area contributed by atoms with E-state index in [4.69, 9.17) is 0 Å². The molecule has 1 heterocycles. The fourth-order valence-corrected chi connectivity index (χ4v) is 5.21. The average molecular weight is 476 g/mol. The van der Waals surface area contributed by atoms with Crippen LogP contribution in [-0.2, 0) is 22.9 Å². The van der Waals surface area contributed by atoms with Crippen LogP contribution in [0.15, 0.2) is 90.0 Å². The van der Waals surface area contributed by atoms with E-state index in [1.54, 1.807) is 36.5 Å². The molecule has 0 saturated carbocycles. The first-order valence-electron chi connectivity index (χ1n) is 11.4. The molecule has 34 heavy (non-hydrogen) atoms. The maximum absolute atomic E-state index is 13.1. The third kappa shape index (κ3) is 5.66. The Morgan fingerprint density at radius 3 is 2.32 bits per heavy atom. The lowest BCUT2D eigenvalue weighted by Crippen LogP contribution is -2.37. The second kappa shape index (κ2) is 10.6. The van der Waals surface area contributed by atoms with Crippen molar-refractivity contribution in [3.05, 3.63) is 102 Å². The van der Waals surface area contributed by atoms with Gasteiger partial charge in [-0.3, -0.25) is 0 Å². The monoisotopic (exact) mass is 475 g/mol. The number of hydrogen-bond acceptors (Lipinski definition) is 3. The fourth-order valence-electron chi connectivity index (χ4n) is 3.86. The summed E-state index contributed by atoms with van der Waals surface area (Å²) in [5.74, 6) is 0. The van der Waals surface area contributed by atoms with Crippen LogP contribution in [0.2, 0.25) is 0 Å². The van der Waals surface area contributed by atoms with Gasteiger partial charge in [0.25, 0.3) is 10.0 Å². The number of carbonyl (C=O) groups is 1. The molecule has 3 aromatic carbocycles. The number of benzene rings is 3. The minimum Gasteiger partial charge on any atom is -0.338 e. The molecule has 176 valence electrons. The summed E-state index contributed by atoms with van der Waals surface area (Å²) in [7, 11) is -3.69. The Bertz CT molecular complexity index is 1360. The van der Waals surface area contributed by atoms with Crippen molar-refractivity contribution in [2.75, 3.05) is 13.1 Å². The summed E-state index contributed by atoms with van der Waals surface area (Å²) in [5.41, 5.74) is 3.85. The lowest BCUT2D eigenvalue weighted by Gasteiger charge is -2.10. The van der Waals surface area contributed by atoms with Crippen LogP contribution in [0.4, 0.5) is 4.79 Å². The molecule has 0 aliphatic heterocycles. The lowest BCUT2D eigenvalue weighted by molar-refractivity contribution is 0.241. The highest BCUT2D eigenvalue weighted by Crippen LogP contribution is 2.23. The Morgan fingerprint density at radius 1 is 0.824 bits per heavy atom. The van der Waals surface area contributed by atoms with Crippen LogP contribution < -0.4 is 10.6 Å². The highest BCUT2D eigenvalue weighted by molar-refractivity contribution is 7.90. The van der Waals surface area contributed by atoms with E-state index < -0.39 is 10.0 Å². The molecule has 0 bridgehead atoms. The maximum Gasteiger partial charge on any atom is 0.314 e. The zero-order valence-electron chi connectivity index (χ0n) is 19.2. The number of amides is 2. The molecule has 6 nitrogen and oxygen atoms in total. The molecule has 7 heteroatoms. The van der Waals surface area contributed by atoms with Gasteiger partial charge in [-0.2, -0.15) is 0 Å². The van der Waals surface area contributed by atoms with E-state index in [0.717, 1.165) is 29.4 Å². The number of nitrogens with zero attached hydrogens (tertiary/aromatic N) is 1. The van der Waals surface area contributed by atoms with Gasteiger partial charge in [0, 0.05) is 24.7 Å². The normalized spacial score (nSPS) is 11.4. The van der Waals surface area contributed by atoms with Gasteiger partial charge in [-0.15, -0.1) is 0 Å². The van der Waals surface area contributed by atoms with E-state index in [1.807, 2.05) is 43.3 Å². The van der Waals surface area contributed by atoms with Gasteiger partial charge in [0.1, 0.15) is 0 Å². The minimum atomic E-state index is -3.69. The summed E-state index contributed by atoms with van der Waals surface area (Å²) >= 11 is 0. The van der Waals surface area contributed by atoms with Crippen molar-refractivity contribution >= 4 is 27.0 Å². The van der Waals surface area contributed by atoms with Crippen LogP contribution in [-0.4, -0.2) is 31.5 Å². The minimum absolute atomic E-state index is 0.195.